The molecule has 1 aromatic carbocycles. The molecular weight excluding hydrogens is 338 g/mol. The lowest BCUT2D eigenvalue weighted by molar-refractivity contribution is -0.160. The minimum Gasteiger partial charge on any atom is -0.493 e. The van der Waals surface area contributed by atoms with E-state index >= 15 is 0 Å². The molecule has 134 valence electrons. The summed E-state index contributed by atoms with van der Waals surface area (Å²) >= 11 is 1.79. The van der Waals surface area contributed by atoms with Crippen LogP contribution >= 0.6 is 11.3 Å². The van der Waals surface area contributed by atoms with Crippen LogP contribution in [0.2, 0.25) is 0 Å². The summed E-state index contributed by atoms with van der Waals surface area (Å²) in [6.07, 6.45) is 0.898. The molecule has 0 radical (unpaired) electrons. The third-order valence-corrected chi connectivity index (χ3v) is 5.59. The molecular formula is C19H23NO4S. The van der Waals surface area contributed by atoms with Crippen LogP contribution in [-0.2, 0) is 11.3 Å². The Bertz CT molecular complexity index is 735. The quantitative estimate of drug-likeness (QED) is 0.852. The number of thiophene rings is 1. The maximum Gasteiger partial charge on any atom is 0.348 e. The van der Waals surface area contributed by atoms with Crippen molar-refractivity contribution in [2.45, 2.75) is 31.9 Å². The molecule has 0 bridgehead atoms. The summed E-state index contributed by atoms with van der Waals surface area (Å²) in [5, 5.41) is 9.81. The summed E-state index contributed by atoms with van der Waals surface area (Å²) in [7, 11) is 1.56. The van der Waals surface area contributed by atoms with Gasteiger partial charge in [-0.2, -0.15) is 0 Å². The third-order valence-electron chi connectivity index (χ3n) is 4.60. The zero-order valence-corrected chi connectivity index (χ0v) is 15.3. The molecule has 2 heterocycles. The fourth-order valence-electron chi connectivity index (χ4n) is 3.14. The molecule has 1 N–H and O–H groups in total. The van der Waals surface area contributed by atoms with Crippen LogP contribution in [0, 0.1) is 6.92 Å². The fourth-order valence-corrected chi connectivity index (χ4v) is 4.07. The zero-order valence-electron chi connectivity index (χ0n) is 14.5. The van der Waals surface area contributed by atoms with Gasteiger partial charge in [0.25, 0.3) is 0 Å². The van der Waals surface area contributed by atoms with Crippen molar-refractivity contribution in [2.75, 3.05) is 20.2 Å². The van der Waals surface area contributed by atoms with Gasteiger partial charge < -0.3 is 14.6 Å². The number of piperidine rings is 1. The number of likely N-dealkylation sites (tertiary alicyclic amines) is 1. The summed E-state index contributed by atoms with van der Waals surface area (Å²) in [5.74, 6) is 0.124. The van der Waals surface area contributed by atoms with Gasteiger partial charge in [-0.3, -0.25) is 4.90 Å². The van der Waals surface area contributed by atoms with E-state index in [1.807, 2.05) is 12.1 Å². The molecule has 25 heavy (non-hydrogen) atoms. The van der Waals surface area contributed by atoms with Gasteiger partial charge >= 0.3 is 5.97 Å². The molecule has 0 saturated carbocycles. The highest BCUT2D eigenvalue weighted by Gasteiger charge is 2.44. The van der Waals surface area contributed by atoms with Gasteiger partial charge in [-0.15, -0.1) is 11.3 Å². The van der Waals surface area contributed by atoms with Crippen LogP contribution in [0.1, 0.15) is 22.6 Å². The monoisotopic (exact) mass is 361 g/mol. The molecule has 1 saturated heterocycles. The molecule has 5 nitrogen and oxygen atoms in total. The van der Waals surface area contributed by atoms with Crippen molar-refractivity contribution in [3.63, 3.8) is 0 Å². The highest BCUT2D eigenvalue weighted by Crippen LogP contribution is 2.35. The molecule has 0 aliphatic carbocycles. The van der Waals surface area contributed by atoms with E-state index in [0.717, 1.165) is 6.54 Å². The number of nitrogens with zero attached hydrogens (tertiary/aromatic N) is 1. The smallest absolute Gasteiger partial charge is 0.348 e. The lowest BCUT2D eigenvalue weighted by Crippen LogP contribution is -2.53. The van der Waals surface area contributed by atoms with E-state index in [4.69, 9.17) is 9.47 Å². The average Bonchev–Trinajstić information content (AvgIpc) is 3.02. The second-order valence-corrected chi connectivity index (χ2v) is 7.71. The number of carboxylic acid groups (broad SMARTS) is 1. The molecule has 0 spiro atoms. The lowest BCUT2D eigenvalue weighted by atomic mass is 9.91. The Labute approximate surface area is 151 Å². The molecule has 0 amide bonds. The average molecular weight is 361 g/mol. The van der Waals surface area contributed by atoms with Crippen molar-refractivity contribution in [1.29, 1.82) is 0 Å². The second-order valence-electron chi connectivity index (χ2n) is 6.34. The number of carboxylic acids is 1. The van der Waals surface area contributed by atoms with Gasteiger partial charge in [0.05, 0.1) is 7.11 Å². The van der Waals surface area contributed by atoms with Crippen LogP contribution in [0.3, 0.4) is 0 Å². The molecule has 0 atom stereocenters. The standard InChI is InChI=1S/C19H23NO4S/c1-14-7-8-15(25-14)13-20-11-9-19(10-12-20,18(21)22)24-17-6-4-3-5-16(17)23-2/h3-8H,9-13H2,1-2H3,(H,21,22). The van der Waals surface area contributed by atoms with E-state index in [2.05, 4.69) is 24.0 Å². The van der Waals surface area contributed by atoms with Crippen LogP contribution in [0.15, 0.2) is 36.4 Å². The Kier molecular flexibility index (Phi) is 5.30. The predicted molar refractivity (Wildman–Crippen MR) is 97.6 cm³/mol. The Balaban J connectivity index is 1.69. The first kappa shape index (κ1) is 17.8. The first-order valence-corrected chi connectivity index (χ1v) is 9.17. The van der Waals surface area contributed by atoms with Crippen molar-refractivity contribution >= 4 is 17.3 Å². The summed E-state index contributed by atoms with van der Waals surface area (Å²) < 4.78 is 11.3. The van der Waals surface area contributed by atoms with Crippen LogP contribution in [-0.4, -0.2) is 41.8 Å². The first-order chi connectivity index (χ1) is 12.0. The Morgan fingerprint density at radius 3 is 2.44 bits per heavy atom. The maximum absolute atomic E-state index is 12.0. The first-order valence-electron chi connectivity index (χ1n) is 8.35. The van der Waals surface area contributed by atoms with Gasteiger partial charge in [-0.25, -0.2) is 4.79 Å². The summed E-state index contributed by atoms with van der Waals surface area (Å²) in [6.45, 7) is 4.35. The second kappa shape index (κ2) is 7.45. The number of carbonyl (C=O) groups is 1. The van der Waals surface area contributed by atoms with Gasteiger partial charge in [-0.05, 0) is 31.2 Å². The highest BCUT2D eigenvalue weighted by molar-refractivity contribution is 7.11. The molecule has 1 aromatic heterocycles. The number of hydrogen-bond acceptors (Lipinski definition) is 5. The van der Waals surface area contributed by atoms with E-state index < -0.39 is 11.6 Å². The van der Waals surface area contributed by atoms with Gasteiger partial charge in [-0.1, -0.05) is 12.1 Å². The lowest BCUT2D eigenvalue weighted by Gasteiger charge is -2.38. The van der Waals surface area contributed by atoms with Crippen LogP contribution < -0.4 is 9.47 Å². The van der Waals surface area contributed by atoms with Crippen LogP contribution in [0.5, 0.6) is 11.5 Å². The van der Waals surface area contributed by atoms with Crippen LogP contribution in [0.25, 0.3) is 0 Å². The normalized spacial score (nSPS) is 17.2. The minimum absolute atomic E-state index is 0.449. The topological polar surface area (TPSA) is 59.0 Å². The van der Waals surface area contributed by atoms with E-state index in [1.54, 1.807) is 30.6 Å². The number of para-hydroxylation sites is 2. The molecule has 1 aliphatic rings. The number of benzene rings is 1. The van der Waals surface area contributed by atoms with E-state index in [9.17, 15) is 9.90 Å². The van der Waals surface area contributed by atoms with E-state index in [0.29, 0.717) is 37.4 Å². The Morgan fingerprint density at radius 2 is 1.88 bits per heavy atom. The molecule has 2 aromatic rings. The van der Waals surface area contributed by atoms with E-state index in [1.165, 1.54) is 9.75 Å². The summed E-state index contributed by atoms with van der Waals surface area (Å²) in [6, 6.07) is 11.5. The molecule has 0 unspecified atom stereocenters. The van der Waals surface area contributed by atoms with Crippen molar-refractivity contribution in [3.05, 3.63) is 46.2 Å². The van der Waals surface area contributed by atoms with Crippen LogP contribution in [0.4, 0.5) is 0 Å². The maximum atomic E-state index is 12.0. The van der Waals surface area contributed by atoms with Crippen molar-refractivity contribution in [1.82, 2.24) is 4.90 Å². The highest BCUT2D eigenvalue weighted by atomic mass is 32.1. The van der Waals surface area contributed by atoms with Gasteiger partial charge in [0.15, 0.2) is 11.5 Å². The van der Waals surface area contributed by atoms with Gasteiger partial charge in [0, 0.05) is 42.2 Å². The largest absolute Gasteiger partial charge is 0.493 e. The van der Waals surface area contributed by atoms with Gasteiger partial charge in [0.1, 0.15) is 0 Å². The number of methoxy groups -OCH3 is 1. The van der Waals surface area contributed by atoms with E-state index in [-0.39, 0.29) is 0 Å². The van der Waals surface area contributed by atoms with Gasteiger partial charge in [0.2, 0.25) is 5.60 Å². The van der Waals surface area contributed by atoms with Crippen molar-refractivity contribution in [2.24, 2.45) is 0 Å². The molecule has 6 heteroatoms. The number of ether oxygens (including phenoxy) is 2. The molecule has 3 rings (SSSR count). The Morgan fingerprint density at radius 1 is 1.20 bits per heavy atom. The number of hydrogen-bond donors (Lipinski definition) is 1. The van der Waals surface area contributed by atoms with Crippen molar-refractivity contribution < 1.29 is 19.4 Å². The summed E-state index contributed by atoms with van der Waals surface area (Å²) in [5.41, 5.74) is -1.20. The SMILES string of the molecule is COc1ccccc1OC1(C(=O)O)CCN(Cc2ccc(C)s2)CC1. The fraction of sp³-hybridized carbons (Fsp3) is 0.421. The summed E-state index contributed by atoms with van der Waals surface area (Å²) in [4.78, 5) is 16.9. The number of rotatable bonds is 6. The third kappa shape index (κ3) is 3.96. The molecule has 1 aliphatic heterocycles. The number of aryl methyl sites for hydroxylation is 1. The molecule has 1 fully saturated rings. The number of aliphatic carboxylic acids is 1. The van der Waals surface area contributed by atoms with Crippen molar-refractivity contribution in [3.8, 4) is 11.5 Å². The zero-order chi connectivity index (χ0) is 17.9. The minimum atomic E-state index is -1.20. The Hall–Kier alpha value is -2.05. The predicted octanol–water partition coefficient (Wildman–Crippen LogP) is 3.56.